The van der Waals surface area contributed by atoms with Gasteiger partial charge in [0.15, 0.2) is 0 Å². The lowest BCUT2D eigenvalue weighted by atomic mass is 9.98. The number of halogens is 1. The second kappa shape index (κ2) is 7.90. The van der Waals surface area contributed by atoms with Gasteiger partial charge in [0.25, 0.3) is 0 Å². The molecule has 2 heterocycles. The first-order chi connectivity index (χ1) is 16.2. The zero-order valence-electron chi connectivity index (χ0n) is 20.4. The molecule has 31 heavy (non-hydrogen) atoms. The minimum absolute atomic E-state index is 0.286. The molecule has 3 heteroatoms. The van der Waals surface area contributed by atoms with E-state index in [2.05, 4.69) is 24.9 Å². The molecule has 0 bridgehead atoms. The maximum atomic E-state index is 13.6. The van der Waals surface area contributed by atoms with Crippen LogP contribution in [0.3, 0.4) is 0 Å². The first kappa shape index (κ1) is 16.6. The van der Waals surface area contributed by atoms with Crippen LogP contribution in [-0.2, 0) is 6.42 Å². The van der Waals surface area contributed by atoms with Gasteiger partial charge in [0.1, 0.15) is 5.82 Å². The van der Waals surface area contributed by atoms with Gasteiger partial charge in [-0.1, -0.05) is 56.3 Å². The van der Waals surface area contributed by atoms with Crippen LogP contribution < -0.4 is 0 Å². The van der Waals surface area contributed by atoms with Crippen LogP contribution in [0.4, 0.5) is 4.39 Å². The normalized spacial score (nSPS) is 13.5. The van der Waals surface area contributed by atoms with Gasteiger partial charge < -0.3 is 0 Å². The molecule has 0 radical (unpaired) electrons. The lowest BCUT2D eigenvalue weighted by molar-refractivity contribution is 0.628. The van der Waals surface area contributed by atoms with Crippen molar-refractivity contribution in [2.75, 3.05) is 0 Å². The van der Waals surface area contributed by atoms with E-state index in [1.807, 2.05) is 36.5 Å². The van der Waals surface area contributed by atoms with Gasteiger partial charge in [0.05, 0.1) is 5.69 Å². The summed E-state index contributed by atoms with van der Waals surface area (Å²) in [6.07, 6.45) is 2.78. The molecule has 0 aliphatic carbocycles. The molecule has 1 nitrogen and oxygen atoms in total. The van der Waals surface area contributed by atoms with Crippen LogP contribution in [0.1, 0.15) is 29.1 Å². The number of hydrogen-bond donors (Lipinski definition) is 0. The summed E-state index contributed by atoms with van der Waals surface area (Å²) in [6.45, 7) is 2.13. The van der Waals surface area contributed by atoms with Crippen LogP contribution in [0.2, 0.25) is 0 Å². The van der Waals surface area contributed by atoms with Gasteiger partial charge in [-0.2, -0.15) is 0 Å². The van der Waals surface area contributed by atoms with E-state index in [0.717, 1.165) is 49.0 Å². The number of aromatic nitrogens is 1. The first-order valence-corrected chi connectivity index (χ1v) is 11.2. The summed E-state index contributed by atoms with van der Waals surface area (Å²) in [6, 6.07) is 20.1. The highest BCUT2D eigenvalue weighted by molar-refractivity contribution is 7.26. The Hall–Kier alpha value is -3.04. The van der Waals surface area contributed by atoms with Crippen LogP contribution in [0.5, 0.6) is 0 Å². The second-order valence-electron chi connectivity index (χ2n) is 8.30. The Labute approximate surface area is 190 Å². The van der Waals surface area contributed by atoms with Crippen LogP contribution in [0.25, 0.3) is 42.6 Å². The Bertz CT molecular complexity index is 1500. The van der Waals surface area contributed by atoms with Crippen molar-refractivity contribution in [1.82, 2.24) is 4.98 Å². The average molecular weight is 429 g/mol. The lowest BCUT2D eigenvalue weighted by Crippen LogP contribution is -1.95. The molecule has 0 N–H and O–H groups in total. The number of pyridine rings is 1. The van der Waals surface area contributed by atoms with Crippen molar-refractivity contribution in [2.24, 2.45) is 5.92 Å². The van der Waals surface area contributed by atoms with Gasteiger partial charge in [-0.3, -0.25) is 4.98 Å². The number of fused-ring (bicyclic) bond motifs is 3. The molecule has 0 amide bonds. The van der Waals surface area contributed by atoms with Gasteiger partial charge in [-0.25, -0.2) is 4.39 Å². The highest BCUT2D eigenvalue weighted by atomic mass is 32.1. The summed E-state index contributed by atoms with van der Waals surface area (Å²) in [7, 11) is 0. The standard InChI is InChI=1S/C28H24FNS/c1-17(2)15-19-13-14-30-25(16-19)23-12-7-18(3)26-24-6-4-5-22(27(24)31-28(23)26)20-8-10-21(29)11-9-20/h4-14,16-17H,15H2,1-3H3/i3D3. The minimum atomic E-state index is -2.25. The topological polar surface area (TPSA) is 12.9 Å². The Morgan fingerprint density at radius 1 is 0.968 bits per heavy atom. The molecule has 0 unspecified atom stereocenters. The maximum Gasteiger partial charge on any atom is 0.123 e. The molecule has 0 aliphatic heterocycles. The molecule has 0 aliphatic rings. The van der Waals surface area contributed by atoms with Crippen molar-refractivity contribution in [2.45, 2.75) is 27.1 Å². The number of thiophene rings is 1. The van der Waals surface area contributed by atoms with E-state index < -0.39 is 6.85 Å². The van der Waals surface area contributed by atoms with E-state index in [4.69, 9.17) is 4.11 Å². The summed E-state index contributed by atoms with van der Waals surface area (Å²) in [5, 5.41) is 1.64. The van der Waals surface area contributed by atoms with Crippen LogP contribution in [-0.4, -0.2) is 4.98 Å². The fraction of sp³-hybridized carbons (Fsp3) is 0.179. The summed E-state index contributed by atoms with van der Waals surface area (Å²) in [5.74, 6) is 0.238. The molecular formula is C28H24FNS. The van der Waals surface area contributed by atoms with Crippen molar-refractivity contribution < 1.29 is 8.50 Å². The fourth-order valence-corrected chi connectivity index (χ4v) is 5.56. The number of hydrogen-bond acceptors (Lipinski definition) is 2. The number of nitrogens with zero attached hydrogens (tertiary/aromatic N) is 1. The Kier molecular flexibility index (Phi) is 4.24. The summed E-state index contributed by atoms with van der Waals surface area (Å²) in [4.78, 5) is 4.64. The van der Waals surface area contributed by atoms with Crippen LogP contribution >= 0.6 is 11.3 Å². The molecule has 0 saturated carbocycles. The van der Waals surface area contributed by atoms with E-state index in [1.165, 1.54) is 17.7 Å². The van der Waals surface area contributed by atoms with E-state index in [9.17, 15) is 4.39 Å². The molecular weight excluding hydrogens is 401 g/mol. The van der Waals surface area contributed by atoms with Crippen LogP contribution in [0, 0.1) is 18.6 Å². The summed E-state index contributed by atoms with van der Waals surface area (Å²) < 4.78 is 40.0. The van der Waals surface area contributed by atoms with Gasteiger partial charge >= 0.3 is 0 Å². The van der Waals surface area contributed by atoms with Crippen molar-refractivity contribution in [3.8, 4) is 22.4 Å². The van der Waals surface area contributed by atoms with Crippen LogP contribution in [0.15, 0.2) is 72.9 Å². The van der Waals surface area contributed by atoms with E-state index in [1.54, 1.807) is 29.5 Å². The predicted molar refractivity (Wildman–Crippen MR) is 131 cm³/mol. The molecule has 2 aromatic heterocycles. The highest BCUT2D eigenvalue weighted by Gasteiger charge is 2.16. The molecule has 0 saturated heterocycles. The Morgan fingerprint density at radius 2 is 1.81 bits per heavy atom. The maximum absolute atomic E-state index is 13.6. The molecule has 154 valence electrons. The van der Waals surface area contributed by atoms with Gasteiger partial charge in [-0.15, -0.1) is 11.3 Å². The molecule has 5 aromatic rings. The Morgan fingerprint density at radius 3 is 2.58 bits per heavy atom. The highest BCUT2D eigenvalue weighted by Crippen LogP contribution is 2.44. The third-order valence-electron chi connectivity index (χ3n) is 5.55. The Balaban J connectivity index is 1.82. The molecule has 0 spiro atoms. The zero-order chi connectivity index (χ0) is 24.0. The van der Waals surface area contributed by atoms with Crippen molar-refractivity contribution >= 4 is 31.5 Å². The smallest absolute Gasteiger partial charge is 0.123 e. The predicted octanol–water partition coefficient (Wildman–Crippen LogP) is 8.43. The summed E-state index contributed by atoms with van der Waals surface area (Å²) in [5.41, 5.74) is 5.18. The second-order valence-corrected chi connectivity index (χ2v) is 9.32. The van der Waals surface area contributed by atoms with E-state index >= 15 is 0 Å². The lowest BCUT2D eigenvalue weighted by Gasteiger charge is -2.09. The van der Waals surface area contributed by atoms with Crippen molar-refractivity contribution in [1.29, 1.82) is 0 Å². The largest absolute Gasteiger partial charge is 0.256 e. The third-order valence-corrected chi connectivity index (χ3v) is 6.82. The average Bonchev–Trinajstić information content (AvgIpc) is 3.18. The monoisotopic (exact) mass is 428 g/mol. The zero-order valence-corrected chi connectivity index (χ0v) is 18.3. The molecule has 0 fully saturated rings. The van der Waals surface area contributed by atoms with Gasteiger partial charge in [0, 0.05) is 36.0 Å². The molecule has 5 rings (SSSR count). The minimum Gasteiger partial charge on any atom is -0.256 e. The number of rotatable bonds is 4. The first-order valence-electron chi connectivity index (χ1n) is 11.9. The number of benzene rings is 3. The van der Waals surface area contributed by atoms with E-state index in [0.29, 0.717) is 11.5 Å². The number of aryl methyl sites for hydroxylation is 1. The summed E-state index contributed by atoms with van der Waals surface area (Å²) >= 11 is 1.58. The van der Waals surface area contributed by atoms with Gasteiger partial charge in [-0.05, 0) is 65.7 Å². The van der Waals surface area contributed by atoms with Crippen molar-refractivity contribution in [3.63, 3.8) is 0 Å². The van der Waals surface area contributed by atoms with E-state index in [-0.39, 0.29) is 5.82 Å². The fourth-order valence-electron chi connectivity index (χ4n) is 4.18. The third kappa shape index (κ3) is 3.64. The molecule has 0 atom stereocenters. The van der Waals surface area contributed by atoms with Gasteiger partial charge in [0.2, 0.25) is 0 Å². The SMILES string of the molecule is [2H]C([2H])([2H])c1ccc(-c2cc(CC(C)C)ccn2)c2sc3c(-c4ccc(F)cc4)cccc3c12. The molecule has 3 aromatic carbocycles. The van der Waals surface area contributed by atoms with Crippen molar-refractivity contribution in [3.05, 3.63) is 89.9 Å². The quantitative estimate of drug-likeness (QED) is 0.280.